The Balaban J connectivity index is 3.76. The van der Waals surface area contributed by atoms with Gasteiger partial charge in [0, 0.05) is 0 Å². The maximum absolute atomic E-state index is 10.6. The van der Waals surface area contributed by atoms with Crippen LogP contribution in [-0.2, 0) is 19.2 Å². The number of hydrogen-bond donors (Lipinski definition) is 3. The molecule has 0 saturated carbocycles. The molecule has 0 aromatic heterocycles. The number of carbonyl (C=O) groups is 3. The molecule has 68 valence electrons. The molecule has 0 aromatic carbocycles. The molecule has 0 fully saturated rings. The Kier molecular flexibility index (Phi) is 4.39. The molecule has 0 radical (unpaired) electrons. The predicted octanol–water partition coefficient (Wildman–Crippen LogP) is -2.01. The van der Waals surface area contributed by atoms with Gasteiger partial charge in [-0.1, -0.05) is 0 Å². The Hall–Kier alpha value is -1.63. The van der Waals surface area contributed by atoms with E-state index in [9.17, 15) is 14.4 Å². The number of amides is 1. The summed E-state index contributed by atoms with van der Waals surface area (Å²) in [4.78, 5) is 34.2. The van der Waals surface area contributed by atoms with Crippen LogP contribution in [0.5, 0.6) is 0 Å². The van der Waals surface area contributed by atoms with Crippen molar-refractivity contribution in [3.05, 3.63) is 0 Å². The second-order valence-electron chi connectivity index (χ2n) is 1.86. The van der Waals surface area contributed by atoms with Crippen molar-refractivity contribution in [2.45, 2.75) is 12.5 Å². The number of hydroxylamine groups is 1. The highest BCUT2D eigenvalue weighted by atomic mass is 16.7. The summed E-state index contributed by atoms with van der Waals surface area (Å²) in [6.07, 6.45) is -0.412. The quantitative estimate of drug-likeness (QED) is 0.329. The molecule has 0 aliphatic rings. The molecular weight excluding hydrogens is 168 g/mol. The van der Waals surface area contributed by atoms with Crippen molar-refractivity contribution in [3.8, 4) is 0 Å². The van der Waals surface area contributed by atoms with Crippen LogP contribution >= 0.6 is 0 Å². The van der Waals surface area contributed by atoms with Crippen LogP contribution in [0.25, 0.3) is 0 Å². The lowest BCUT2D eigenvalue weighted by Gasteiger charge is -2.05. The maximum atomic E-state index is 10.6. The molecule has 0 aliphatic heterocycles. The molecule has 1 atom stereocenters. The van der Waals surface area contributed by atoms with Crippen molar-refractivity contribution in [3.63, 3.8) is 0 Å². The smallest absolute Gasteiger partial charge is 0.349 e. The Morgan fingerprint density at radius 2 is 2.25 bits per heavy atom. The summed E-state index contributed by atoms with van der Waals surface area (Å²) in [6, 6.07) is -1.27. The largest absolute Gasteiger partial charge is 0.481 e. The number of rotatable bonds is 5. The lowest BCUT2D eigenvalue weighted by molar-refractivity contribution is -0.157. The maximum Gasteiger partial charge on any atom is 0.349 e. The monoisotopic (exact) mass is 176 g/mol. The van der Waals surface area contributed by atoms with Gasteiger partial charge in [-0.25, -0.2) is 4.79 Å². The third kappa shape index (κ3) is 4.23. The van der Waals surface area contributed by atoms with E-state index in [0.717, 1.165) is 0 Å². The van der Waals surface area contributed by atoms with E-state index >= 15 is 0 Å². The number of carboxylic acids is 1. The molecule has 1 amide bonds. The zero-order valence-electron chi connectivity index (χ0n) is 6.02. The van der Waals surface area contributed by atoms with Crippen LogP contribution in [0.3, 0.4) is 0 Å². The van der Waals surface area contributed by atoms with Gasteiger partial charge in [-0.05, 0) is 0 Å². The van der Waals surface area contributed by atoms with Gasteiger partial charge >= 0.3 is 11.9 Å². The number of carboxylic acid groups (broad SMARTS) is 1. The molecule has 0 bridgehead atoms. The molecule has 7 heteroatoms. The van der Waals surface area contributed by atoms with Crippen LogP contribution in [0.2, 0.25) is 0 Å². The molecule has 0 aromatic rings. The molecule has 7 nitrogen and oxygen atoms in total. The summed E-state index contributed by atoms with van der Waals surface area (Å²) in [5.74, 6) is -2.21. The highest BCUT2D eigenvalue weighted by Gasteiger charge is 2.18. The van der Waals surface area contributed by atoms with E-state index in [4.69, 9.17) is 10.8 Å². The van der Waals surface area contributed by atoms with Crippen LogP contribution in [0, 0.1) is 0 Å². The summed E-state index contributed by atoms with van der Waals surface area (Å²) in [7, 11) is 0. The Morgan fingerprint density at radius 3 is 2.67 bits per heavy atom. The molecule has 0 aliphatic carbocycles. The summed E-state index contributed by atoms with van der Waals surface area (Å²) in [5.41, 5.74) is 6.65. The minimum absolute atomic E-state index is 0.130. The number of nitrogens with two attached hydrogens (primary N) is 1. The van der Waals surface area contributed by atoms with Gasteiger partial charge in [-0.15, -0.1) is 0 Å². The van der Waals surface area contributed by atoms with Gasteiger partial charge in [0.05, 0.1) is 6.42 Å². The molecule has 0 saturated heterocycles. The first-order chi connectivity index (χ1) is 5.57. The fraction of sp³-hybridized carbons (Fsp3) is 0.400. The molecule has 0 spiro atoms. The van der Waals surface area contributed by atoms with E-state index in [1.165, 1.54) is 0 Å². The highest BCUT2D eigenvalue weighted by Crippen LogP contribution is 1.89. The first-order valence-electron chi connectivity index (χ1n) is 2.95. The van der Waals surface area contributed by atoms with Gasteiger partial charge in [0.2, 0.25) is 6.41 Å². The minimum atomic E-state index is -1.27. The lowest BCUT2D eigenvalue weighted by atomic mass is 10.2. The van der Waals surface area contributed by atoms with E-state index in [1.807, 2.05) is 0 Å². The van der Waals surface area contributed by atoms with E-state index in [1.54, 1.807) is 5.48 Å². The molecule has 0 rings (SSSR count). The average Bonchev–Trinajstić information content (AvgIpc) is 1.98. The second-order valence-corrected chi connectivity index (χ2v) is 1.86. The normalized spacial score (nSPS) is 11.4. The SMILES string of the molecule is N[C@@H](CC(=O)O)C(=O)ONC=O. The lowest BCUT2D eigenvalue weighted by Crippen LogP contribution is -2.37. The van der Waals surface area contributed by atoms with Crippen LogP contribution < -0.4 is 11.2 Å². The Bertz CT molecular complexity index is 192. The molecular formula is C5H8N2O5. The van der Waals surface area contributed by atoms with Crippen molar-refractivity contribution < 1.29 is 24.3 Å². The van der Waals surface area contributed by atoms with Gasteiger partial charge in [-0.3, -0.25) is 9.59 Å². The van der Waals surface area contributed by atoms with Crippen molar-refractivity contribution in [1.82, 2.24) is 5.48 Å². The standard InChI is InChI=1S/C5H8N2O5/c6-3(1-4(9)10)5(11)12-7-2-8/h2-3H,1,6H2,(H,7,8)(H,9,10)/t3-/m0/s1. The van der Waals surface area contributed by atoms with Gasteiger partial charge in [0.1, 0.15) is 6.04 Å². The zero-order chi connectivity index (χ0) is 9.56. The third-order valence-electron chi connectivity index (χ3n) is 0.905. The molecule has 4 N–H and O–H groups in total. The van der Waals surface area contributed by atoms with Crippen LogP contribution in [0.15, 0.2) is 0 Å². The average molecular weight is 176 g/mol. The summed E-state index contributed by atoms with van der Waals surface area (Å²) in [6.45, 7) is 0. The fourth-order valence-electron chi connectivity index (χ4n) is 0.429. The number of aliphatic carboxylic acids is 1. The Morgan fingerprint density at radius 1 is 1.67 bits per heavy atom. The van der Waals surface area contributed by atoms with Crippen LogP contribution in [-0.4, -0.2) is 29.5 Å². The van der Waals surface area contributed by atoms with Crippen molar-refractivity contribution in [2.75, 3.05) is 0 Å². The summed E-state index contributed by atoms with van der Waals surface area (Å²) >= 11 is 0. The zero-order valence-corrected chi connectivity index (χ0v) is 6.02. The van der Waals surface area contributed by atoms with Gasteiger partial charge < -0.3 is 15.7 Å². The van der Waals surface area contributed by atoms with Gasteiger partial charge in [0.25, 0.3) is 0 Å². The summed E-state index contributed by atoms with van der Waals surface area (Å²) < 4.78 is 0. The third-order valence-corrected chi connectivity index (χ3v) is 0.905. The van der Waals surface area contributed by atoms with E-state index in [-0.39, 0.29) is 6.41 Å². The second kappa shape index (κ2) is 5.08. The first kappa shape index (κ1) is 10.4. The number of hydrogen-bond acceptors (Lipinski definition) is 5. The van der Waals surface area contributed by atoms with E-state index in [0.29, 0.717) is 0 Å². The number of carbonyl (C=O) groups excluding carboxylic acids is 2. The Labute approximate surface area is 67.4 Å². The predicted molar refractivity (Wildman–Crippen MR) is 35.5 cm³/mol. The number of nitrogens with one attached hydrogen (secondary N) is 1. The first-order valence-corrected chi connectivity index (χ1v) is 2.95. The van der Waals surface area contributed by atoms with Crippen molar-refractivity contribution in [1.29, 1.82) is 0 Å². The van der Waals surface area contributed by atoms with Gasteiger partial charge in [0.15, 0.2) is 0 Å². The topological polar surface area (TPSA) is 119 Å². The van der Waals surface area contributed by atoms with Gasteiger partial charge in [-0.2, -0.15) is 5.48 Å². The van der Waals surface area contributed by atoms with Crippen molar-refractivity contribution in [2.24, 2.45) is 5.73 Å². The fourth-order valence-corrected chi connectivity index (χ4v) is 0.429. The highest BCUT2D eigenvalue weighted by molar-refractivity contribution is 5.81. The van der Waals surface area contributed by atoms with Crippen molar-refractivity contribution >= 4 is 18.3 Å². The van der Waals surface area contributed by atoms with E-state index < -0.39 is 24.4 Å². The molecule has 12 heavy (non-hydrogen) atoms. The molecule has 0 heterocycles. The van der Waals surface area contributed by atoms with Crippen LogP contribution in [0.1, 0.15) is 6.42 Å². The minimum Gasteiger partial charge on any atom is -0.481 e. The van der Waals surface area contributed by atoms with Crippen LogP contribution in [0.4, 0.5) is 0 Å². The molecule has 0 unspecified atom stereocenters. The summed E-state index contributed by atoms with van der Waals surface area (Å²) in [5, 5.41) is 8.18. The van der Waals surface area contributed by atoms with E-state index in [2.05, 4.69) is 4.84 Å².